The van der Waals surface area contributed by atoms with Crippen molar-refractivity contribution < 1.29 is 9.90 Å². The van der Waals surface area contributed by atoms with Gasteiger partial charge in [-0.2, -0.15) is 5.26 Å². The van der Waals surface area contributed by atoms with Gasteiger partial charge in [0.25, 0.3) is 5.56 Å². The van der Waals surface area contributed by atoms with Gasteiger partial charge in [-0.3, -0.25) is 9.59 Å². The van der Waals surface area contributed by atoms with Gasteiger partial charge in [0.15, 0.2) is 0 Å². The van der Waals surface area contributed by atoms with Crippen molar-refractivity contribution in [3.63, 3.8) is 0 Å². The predicted molar refractivity (Wildman–Crippen MR) is 110 cm³/mol. The third kappa shape index (κ3) is 3.29. The Labute approximate surface area is 167 Å². The SMILES string of the molecule is Cn1c(=O)c(C#N)c(N2CC(C(=O)NCc3ccc(O)cc3)C2)c2ccccc21. The van der Waals surface area contributed by atoms with Crippen LogP contribution in [0.4, 0.5) is 5.69 Å². The van der Waals surface area contributed by atoms with Crippen molar-refractivity contribution in [3.05, 3.63) is 70.0 Å². The van der Waals surface area contributed by atoms with Gasteiger partial charge in [-0.25, -0.2) is 0 Å². The number of carbonyl (C=O) groups is 1. The first kappa shape index (κ1) is 18.6. The number of hydrogen-bond donors (Lipinski definition) is 2. The van der Waals surface area contributed by atoms with Crippen LogP contribution in [0.25, 0.3) is 10.9 Å². The zero-order chi connectivity index (χ0) is 20.5. The predicted octanol–water partition coefficient (Wildman–Crippen LogP) is 1.87. The third-order valence-corrected chi connectivity index (χ3v) is 5.36. The zero-order valence-corrected chi connectivity index (χ0v) is 15.9. The van der Waals surface area contributed by atoms with E-state index >= 15 is 0 Å². The van der Waals surface area contributed by atoms with Gasteiger partial charge in [-0.1, -0.05) is 30.3 Å². The Morgan fingerprint density at radius 1 is 1.21 bits per heavy atom. The molecule has 0 bridgehead atoms. The van der Waals surface area contributed by atoms with Crippen molar-refractivity contribution in [1.29, 1.82) is 5.26 Å². The van der Waals surface area contributed by atoms with Crippen molar-refractivity contribution >= 4 is 22.5 Å². The summed E-state index contributed by atoms with van der Waals surface area (Å²) in [5.41, 5.74) is 2.03. The van der Waals surface area contributed by atoms with Crippen molar-refractivity contribution in [2.45, 2.75) is 6.54 Å². The minimum atomic E-state index is -0.332. The number of anilines is 1. The Morgan fingerprint density at radius 2 is 1.90 bits per heavy atom. The highest BCUT2D eigenvalue weighted by Crippen LogP contribution is 2.33. The summed E-state index contributed by atoms with van der Waals surface area (Å²) in [6, 6.07) is 16.2. The number of rotatable bonds is 4. The first-order valence-corrected chi connectivity index (χ1v) is 9.32. The van der Waals surface area contributed by atoms with Crippen LogP contribution in [0.5, 0.6) is 5.75 Å². The maximum absolute atomic E-state index is 12.6. The van der Waals surface area contributed by atoms with Gasteiger partial charge in [-0.05, 0) is 23.8 Å². The van der Waals surface area contributed by atoms with Crippen LogP contribution in [0.2, 0.25) is 0 Å². The highest BCUT2D eigenvalue weighted by Gasteiger charge is 2.35. The van der Waals surface area contributed by atoms with Crippen LogP contribution in [-0.2, 0) is 18.4 Å². The normalized spacial score (nSPS) is 13.7. The van der Waals surface area contributed by atoms with Crippen molar-refractivity contribution in [3.8, 4) is 11.8 Å². The highest BCUT2D eigenvalue weighted by atomic mass is 16.3. The molecule has 4 rings (SSSR count). The molecule has 1 saturated heterocycles. The summed E-state index contributed by atoms with van der Waals surface area (Å²) >= 11 is 0. The minimum Gasteiger partial charge on any atom is -0.508 e. The zero-order valence-electron chi connectivity index (χ0n) is 15.9. The lowest BCUT2D eigenvalue weighted by Crippen LogP contribution is -2.54. The summed E-state index contributed by atoms with van der Waals surface area (Å²) < 4.78 is 1.49. The number of amides is 1. The fourth-order valence-electron chi connectivity index (χ4n) is 3.68. The number of hydrogen-bond acceptors (Lipinski definition) is 5. The van der Waals surface area contributed by atoms with Gasteiger partial charge in [0.05, 0.1) is 17.1 Å². The van der Waals surface area contributed by atoms with Crippen LogP contribution in [0, 0.1) is 17.2 Å². The van der Waals surface area contributed by atoms with Crippen molar-refractivity contribution in [1.82, 2.24) is 9.88 Å². The topological polar surface area (TPSA) is 98.4 Å². The number of phenols is 1. The molecular weight excluding hydrogens is 368 g/mol. The lowest BCUT2D eigenvalue weighted by Gasteiger charge is -2.41. The maximum atomic E-state index is 12.6. The Kier molecular flexibility index (Phi) is 4.69. The van der Waals surface area contributed by atoms with Crippen molar-refractivity contribution in [2.75, 3.05) is 18.0 Å². The van der Waals surface area contributed by atoms with Crippen LogP contribution in [-0.4, -0.2) is 28.7 Å². The average Bonchev–Trinajstić information content (AvgIpc) is 2.70. The Bertz CT molecular complexity index is 1190. The van der Waals surface area contributed by atoms with Gasteiger partial charge < -0.3 is 19.9 Å². The van der Waals surface area contributed by atoms with Crippen LogP contribution in [0.1, 0.15) is 11.1 Å². The molecule has 29 heavy (non-hydrogen) atoms. The van der Waals surface area contributed by atoms with Gasteiger partial charge in [0.2, 0.25) is 5.91 Å². The van der Waals surface area contributed by atoms with E-state index in [9.17, 15) is 20.0 Å². The van der Waals surface area contributed by atoms with E-state index in [-0.39, 0.29) is 28.7 Å². The number of nitrogens with one attached hydrogen (secondary N) is 1. The number of nitrogens with zero attached hydrogens (tertiary/aromatic N) is 3. The van der Waals surface area contributed by atoms with E-state index in [4.69, 9.17) is 0 Å². The van der Waals surface area contributed by atoms with E-state index < -0.39 is 0 Å². The molecule has 1 aliphatic heterocycles. The number of para-hydroxylation sites is 1. The first-order valence-electron chi connectivity index (χ1n) is 9.32. The smallest absolute Gasteiger partial charge is 0.270 e. The molecule has 1 aliphatic rings. The van der Waals surface area contributed by atoms with E-state index in [0.717, 1.165) is 16.5 Å². The van der Waals surface area contributed by atoms with Gasteiger partial charge in [0.1, 0.15) is 17.4 Å². The van der Waals surface area contributed by atoms with Gasteiger partial charge in [-0.15, -0.1) is 0 Å². The van der Waals surface area contributed by atoms with Gasteiger partial charge >= 0.3 is 0 Å². The molecule has 146 valence electrons. The molecule has 1 amide bonds. The fourth-order valence-corrected chi connectivity index (χ4v) is 3.68. The Balaban J connectivity index is 1.51. The quantitative estimate of drug-likeness (QED) is 0.711. The number of aryl methyl sites for hydroxylation is 1. The minimum absolute atomic E-state index is 0.0685. The molecular formula is C22H20N4O3. The number of aromatic nitrogens is 1. The van der Waals surface area contributed by atoms with E-state index in [0.29, 0.717) is 25.3 Å². The molecule has 1 fully saturated rings. The molecule has 2 aromatic carbocycles. The standard InChI is InChI=1S/C22H20N4O3/c1-25-19-5-3-2-4-17(19)20(18(10-23)22(25)29)26-12-15(13-26)21(28)24-11-14-6-8-16(27)9-7-14/h2-9,15,27H,11-13H2,1H3,(H,24,28). The molecule has 7 nitrogen and oxygen atoms in total. The molecule has 3 aromatic rings. The Hall–Kier alpha value is -3.79. The molecule has 0 atom stereocenters. The molecule has 0 spiro atoms. The summed E-state index contributed by atoms with van der Waals surface area (Å²) in [4.78, 5) is 27.0. The number of carbonyl (C=O) groups excluding carboxylic acids is 1. The number of nitriles is 1. The largest absolute Gasteiger partial charge is 0.508 e. The average molecular weight is 388 g/mol. The fraction of sp³-hybridized carbons (Fsp3) is 0.227. The number of fused-ring (bicyclic) bond motifs is 1. The molecule has 1 aromatic heterocycles. The summed E-state index contributed by atoms with van der Waals surface area (Å²) in [7, 11) is 1.66. The summed E-state index contributed by atoms with van der Waals surface area (Å²) in [6.45, 7) is 1.29. The first-order chi connectivity index (χ1) is 14.0. The summed E-state index contributed by atoms with van der Waals surface area (Å²) in [5.74, 6) is -0.0910. The molecule has 7 heteroatoms. The van der Waals surface area contributed by atoms with Crippen molar-refractivity contribution in [2.24, 2.45) is 13.0 Å². The molecule has 0 unspecified atom stereocenters. The lowest BCUT2D eigenvalue weighted by atomic mass is 9.95. The molecule has 0 aliphatic carbocycles. The second-order valence-corrected chi connectivity index (χ2v) is 7.20. The van der Waals surface area contributed by atoms with Crippen LogP contribution < -0.4 is 15.8 Å². The van der Waals surface area contributed by atoms with Crippen LogP contribution >= 0.6 is 0 Å². The van der Waals surface area contributed by atoms with E-state index in [1.165, 1.54) is 4.57 Å². The molecule has 0 radical (unpaired) electrons. The van der Waals surface area contributed by atoms with Crippen LogP contribution in [0.3, 0.4) is 0 Å². The second-order valence-electron chi connectivity index (χ2n) is 7.20. The molecule has 2 heterocycles. The number of benzene rings is 2. The highest BCUT2D eigenvalue weighted by molar-refractivity contribution is 5.96. The Morgan fingerprint density at radius 3 is 2.59 bits per heavy atom. The lowest BCUT2D eigenvalue weighted by molar-refractivity contribution is -0.125. The second kappa shape index (κ2) is 7.32. The van der Waals surface area contributed by atoms with E-state index in [2.05, 4.69) is 5.32 Å². The maximum Gasteiger partial charge on any atom is 0.270 e. The number of aromatic hydroxyl groups is 1. The number of phenolic OH excluding ortho intramolecular Hbond substituents is 1. The molecule has 2 N–H and O–H groups in total. The number of pyridine rings is 1. The summed E-state index contributed by atoms with van der Waals surface area (Å²) in [5, 5.41) is 22.6. The van der Waals surface area contributed by atoms with Gasteiger partial charge in [0, 0.05) is 32.1 Å². The van der Waals surface area contributed by atoms with E-state index in [1.54, 1.807) is 31.3 Å². The summed E-state index contributed by atoms with van der Waals surface area (Å²) in [6.07, 6.45) is 0. The van der Waals surface area contributed by atoms with E-state index in [1.807, 2.05) is 35.2 Å². The van der Waals surface area contributed by atoms with Crippen LogP contribution in [0.15, 0.2) is 53.3 Å². The third-order valence-electron chi connectivity index (χ3n) is 5.36. The molecule has 0 saturated carbocycles. The monoisotopic (exact) mass is 388 g/mol.